The summed E-state index contributed by atoms with van der Waals surface area (Å²) >= 11 is 0. The van der Waals surface area contributed by atoms with Crippen LogP contribution in [0.15, 0.2) is 48.9 Å². The number of halogens is 5. The second-order valence-electron chi connectivity index (χ2n) is 6.07. The normalized spacial score (nSPS) is 13.0. The van der Waals surface area contributed by atoms with Crippen LogP contribution in [0.5, 0.6) is 0 Å². The van der Waals surface area contributed by atoms with E-state index in [-0.39, 0.29) is 31.6 Å². The Labute approximate surface area is 188 Å². The molecular weight excluding hydrogens is 599 g/mol. The van der Waals surface area contributed by atoms with Crippen LogP contribution in [-0.4, -0.2) is 31.9 Å². The van der Waals surface area contributed by atoms with Gasteiger partial charge in [0, 0.05) is 17.8 Å². The first-order valence-corrected chi connectivity index (χ1v) is 8.45. The van der Waals surface area contributed by atoms with Gasteiger partial charge in [0.1, 0.15) is 5.82 Å². The largest absolute Gasteiger partial charge is 3.00 e. The van der Waals surface area contributed by atoms with Gasteiger partial charge in [-0.25, -0.2) is 0 Å². The third-order valence-corrected chi connectivity index (χ3v) is 3.70. The number of alkyl halides is 3. The van der Waals surface area contributed by atoms with E-state index in [1.165, 1.54) is 12.3 Å². The van der Waals surface area contributed by atoms with E-state index in [0.717, 1.165) is 12.1 Å². The van der Waals surface area contributed by atoms with Crippen molar-refractivity contribution in [1.29, 1.82) is 0 Å². The zero-order valence-corrected chi connectivity index (χ0v) is 18.2. The molecule has 0 spiro atoms. The summed E-state index contributed by atoms with van der Waals surface area (Å²) in [6.07, 6.45) is 0.539. The zero-order valence-electron chi connectivity index (χ0n) is 15.8. The molecule has 12 heteroatoms. The minimum atomic E-state index is -4.57. The molecule has 2 aromatic heterocycles. The van der Waals surface area contributed by atoms with Gasteiger partial charge in [0.2, 0.25) is 0 Å². The minimum Gasteiger partial charge on any atom is -0.511 e. The Hall–Kier alpha value is -2.85. The molecule has 0 radical (unpaired) electrons. The molecule has 31 heavy (non-hydrogen) atoms. The van der Waals surface area contributed by atoms with Crippen molar-refractivity contribution in [2.24, 2.45) is 0 Å². The molecule has 0 unspecified atom stereocenters. The predicted octanol–water partition coefficient (Wildman–Crippen LogP) is 3.61. The van der Waals surface area contributed by atoms with Crippen molar-refractivity contribution in [2.75, 3.05) is 7.05 Å². The van der Waals surface area contributed by atoms with Crippen molar-refractivity contribution in [3.63, 3.8) is 0 Å². The molecule has 0 saturated carbocycles. The first kappa shape index (κ1) is 24.4. The van der Waals surface area contributed by atoms with Gasteiger partial charge in [-0.15, -0.1) is 17.7 Å². The summed E-state index contributed by atoms with van der Waals surface area (Å²) in [6, 6.07) is 9.38. The average Bonchev–Trinajstić information content (AvgIpc) is 3.35. The molecule has 0 N–H and O–H groups in total. The Balaban J connectivity index is 0.000000213. The summed E-state index contributed by atoms with van der Waals surface area (Å²) < 4.78 is 62.3. The van der Waals surface area contributed by atoms with E-state index in [2.05, 4.69) is 26.2 Å². The van der Waals surface area contributed by atoms with Crippen molar-refractivity contribution in [1.82, 2.24) is 30.0 Å². The predicted molar refractivity (Wildman–Crippen MR) is 95.5 cm³/mol. The third-order valence-electron chi connectivity index (χ3n) is 3.70. The molecule has 1 aromatic carbocycles. The molecule has 0 amide bonds. The second-order valence-corrected chi connectivity index (χ2v) is 6.07. The molecule has 4 rings (SSSR count). The van der Waals surface area contributed by atoms with Gasteiger partial charge in [-0.2, -0.15) is 25.9 Å². The number of rotatable bonds is 3. The van der Waals surface area contributed by atoms with Gasteiger partial charge in [0.15, 0.2) is 0 Å². The molecule has 0 fully saturated rings. The van der Waals surface area contributed by atoms with Crippen molar-refractivity contribution in [3.05, 3.63) is 84.7 Å². The summed E-state index contributed by atoms with van der Waals surface area (Å²) in [7, 11) is 1.88. The Bertz CT molecular complexity index is 1010. The maximum atomic E-state index is 13.3. The van der Waals surface area contributed by atoms with Crippen LogP contribution in [0.25, 0.3) is 11.5 Å². The van der Waals surface area contributed by atoms with Crippen LogP contribution in [0.3, 0.4) is 0 Å². The van der Waals surface area contributed by atoms with E-state index in [4.69, 9.17) is 0 Å². The molecule has 6 nitrogen and oxygen atoms in total. The fourth-order valence-corrected chi connectivity index (χ4v) is 2.34. The molecular formula is C19H14F5IrN6. The fraction of sp³-hybridized carbons (Fsp3) is 0.158. The number of benzene rings is 1. The number of nitrogens with zero attached hydrogens (tertiary/aromatic N) is 6. The Morgan fingerprint density at radius 3 is 2.52 bits per heavy atom. The smallest absolute Gasteiger partial charge is 0.511 e. The van der Waals surface area contributed by atoms with Crippen LogP contribution < -0.4 is 5.10 Å². The van der Waals surface area contributed by atoms with Crippen LogP contribution in [0.2, 0.25) is 0 Å². The van der Waals surface area contributed by atoms with Crippen LogP contribution in [0.1, 0.15) is 11.4 Å². The van der Waals surface area contributed by atoms with Gasteiger partial charge < -0.3 is 19.9 Å². The van der Waals surface area contributed by atoms with Crippen molar-refractivity contribution in [3.8, 4) is 11.5 Å². The summed E-state index contributed by atoms with van der Waals surface area (Å²) in [4.78, 5) is 10.7. The molecule has 1 aliphatic heterocycles. The number of hydrogen-bond acceptors (Lipinski definition) is 5. The van der Waals surface area contributed by atoms with Crippen LogP contribution in [-0.2, 0) is 32.8 Å². The van der Waals surface area contributed by atoms with Gasteiger partial charge in [-0.1, -0.05) is 6.07 Å². The van der Waals surface area contributed by atoms with Crippen molar-refractivity contribution < 1.29 is 42.1 Å². The average molecular weight is 614 g/mol. The minimum absolute atomic E-state index is 0. The van der Waals surface area contributed by atoms with E-state index in [0.29, 0.717) is 12.1 Å². The molecule has 3 heterocycles. The van der Waals surface area contributed by atoms with E-state index >= 15 is 0 Å². The van der Waals surface area contributed by atoms with Crippen LogP contribution in [0, 0.1) is 24.4 Å². The Kier molecular flexibility index (Phi) is 8.23. The molecule has 0 bridgehead atoms. The molecule has 164 valence electrons. The number of hydrogen-bond donors (Lipinski definition) is 0. The molecule has 0 saturated heterocycles. The summed E-state index contributed by atoms with van der Waals surface area (Å²) in [5.41, 5.74) is 0.619. The van der Waals surface area contributed by atoms with E-state index in [9.17, 15) is 22.0 Å². The van der Waals surface area contributed by atoms with E-state index < -0.39 is 23.6 Å². The Morgan fingerprint density at radius 1 is 1.19 bits per heavy atom. The summed E-state index contributed by atoms with van der Waals surface area (Å²) in [6.45, 7) is 2.17. The maximum absolute atomic E-state index is 13.3. The molecule has 3 aromatic rings. The van der Waals surface area contributed by atoms with Gasteiger partial charge >= 0.3 is 26.3 Å². The zero-order chi connectivity index (χ0) is 21.7. The maximum Gasteiger partial charge on any atom is 3.00 e. The quantitative estimate of drug-likeness (QED) is 0.333. The first-order valence-electron chi connectivity index (χ1n) is 8.45. The first-order chi connectivity index (χ1) is 14.2. The standard InChI is InChI=1S/C11H10F2N2.C8H4F3N4.Ir/c1-14-4-5-15(8-14)7-9-2-3-10(12)6-11(9)13;9-8(10,11)7-13-6(14-15-7)5-3-1-2-4-12-5;/h3-6,8H,7H2,1H3;1-4H;/q-2;-1;+3. The van der Waals surface area contributed by atoms with Gasteiger partial charge in [-0.05, 0) is 43.9 Å². The SMILES string of the molecule is CN1C=CN(Cc2[c-]cc(F)cc2F)[CH-]1.FC(F)(F)c1n[n-]c(-c2ccccn2)n1.[Ir+3]. The molecule has 1 aliphatic rings. The number of aromatic nitrogens is 4. The summed E-state index contributed by atoms with van der Waals surface area (Å²) in [5, 5.41) is 6.25. The van der Waals surface area contributed by atoms with Crippen LogP contribution in [0.4, 0.5) is 22.0 Å². The molecule has 0 aliphatic carbocycles. The van der Waals surface area contributed by atoms with E-state index in [1.54, 1.807) is 17.0 Å². The second kappa shape index (κ2) is 10.4. The van der Waals surface area contributed by atoms with Gasteiger partial charge in [0.25, 0.3) is 0 Å². The topological polar surface area (TPSA) is 59.2 Å². The third kappa shape index (κ3) is 6.83. The summed E-state index contributed by atoms with van der Waals surface area (Å²) in [5.74, 6) is -2.54. The Morgan fingerprint density at radius 2 is 1.97 bits per heavy atom. The van der Waals surface area contributed by atoms with E-state index in [1.807, 2.05) is 31.0 Å². The van der Waals surface area contributed by atoms with Crippen molar-refractivity contribution in [2.45, 2.75) is 12.7 Å². The van der Waals surface area contributed by atoms with Gasteiger partial charge in [0.05, 0.1) is 5.69 Å². The number of pyridine rings is 1. The van der Waals surface area contributed by atoms with Gasteiger partial charge in [-0.3, -0.25) is 18.9 Å². The van der Waals surface area contributed by atoms with Crippen LogP contribution >= 0.6 is 0 Å². The van der Waals surface area contributed by atoms with Crippen molar-refractivity contribution >= 4 is 0 Å². The monoisotopic (exact) mass is 614 g/mol. The fourth-order valence-electron chi connectivity index (χ4n) is 2.34. The molecule has 0 atom stereocenters.